The number of likely N-dealkylation sites (tertiary alicyclic amines) is 1. The minimum atomic E-state index is 0.0242. The summed E-state index contributed by atoms with van der Waals surface area (Å²) >= 11 is 0. The number of nitrogens with zero attached hydrogens (tertiary/aromatic N) is 3. The molecule has 0 atom stereocenters. The summed E-state index contributed by atoms with van der Waals surface area (Å²) in [4.78, 5) is 22.7. The van der Waals surface area contributed by atoms with Crippen LogP contribution in [0.1, 0.15) is 50.0 Å². The summed E-state index contributed by atoms with van der Waals surface area (Å²) in [5, 5.41) is 3.12. The highest BCUT2D eigenvalue weighted by Gasteiger charge is 2.18. The van der Waals surface area contributed by atoms with Crippen molar-refractivity contribution in [3.8, 4) is 0 Å². The molecule has 1 fully saturated rings. The molecule has 1 N–H and O–H groups in total. The van der Waals surface area contributed by atoms with Gasteiger partial charge in [-0.05, 0) is 32.8 Å². The molecule has 19 heavy (non-hydrogen) atoms. The first-order valence-corrected chi connectivity index (χ1v) is 7.05. The summed E-state index contributed by atoms with van der Waals surface area (Å²) in [7, 11) is 0. The molecule has 104 valence electrons. The van der Waals surface area contributed by atoms with E-state index in [0.29, 0.717) is 11.6 Å². The molecule has 1 saturated heterocycles. The van der Waals surface area contributed by atoms with Gasteiger partial charge in [-0.2, -0.15) is 0 Å². The normalized spacial score (nSPS) is 16.3. The van der Waals surface area contributed by atoms with Gasteiger partial charge in [-0.3, -0.25) is 4.79 Å². The second-order valence-electron chi connectivity index (χ2n) is 5.27. The molecule has 5 heteroatoms. The summed E-state index contributed by atoms with van der Waals surface area (Å²) in [6, 6.07) is 1.95. The van der Waals surface area contributed by atoms with Crippen LogP contribution in [0.5, 0.6) is 0 Å². The zero-order valence-corrected chi connectivity index (χ0v) is 11.7. The van der Waals surface area contributed by atoms with Crippen LogP contribution in [0, 0.1) is 0 Å². The lowest BCUT2D eigenvalue weighted by atomic mass is 10.2. The van der Waals surface area contributed by atoms with Crippen LogP contribution in [0.4, 0.5) is 5.95 Å². The van der Waals surface area contributed by atoms with Gasteiger partial charge in [0.15, 0.2) is 0 Å². The zero-order valence-electron chi connectivity index (χ0n) is 11.7. The molecule has 1 aliphatic rings. The van der Waals surface area contributed by atoms with Crippen LogP contribution >= 0.6 is 0 Å². The molecule has 5 nitrogen and oxygen atoms in total. The molecule has 0 aromatic carbocycles. The lowest BCUT2D eigenvalue weighted by Crippen LogP contribution is -2.32. The first-order valence-electron chi connectivity index (χ1n) is 7.05. The summed E-state index contributed by atoms with van der Waals surface area (Å²) in [6.45, 7) is 5.73. The molecule has 0 saturated carbocycles. The highest BCUT2D eigenvalue weighted by molar-refractivity contribution is 5.92. The van der Waals surface area contributed by atoms with Gasteiger partial charge in [0.25, 0.3) is 5.91 Å². The first-order chi connectivity index (χ1) is 9.16. The Bertz CT molecular complexity index is 425. The number of hydrogen-bond donors (Lipinski definition) is 1. The Morgan fingerprint density at radius 1 is 1.26 bits per heavy atom. The highest BCUT2D eigenvalue weighted by atomic mass is 16.2. The van der Waals surface area contributed by atoms with Gasteiger partial charge in [-0.15, -0.1) is 0 Å². The molecule has 2 heterocycles. The summed E-state index contributed by atoms with van der Waals surface area (Å²) in [6.07, 6.45) is 6.26. The maximum Gasteiger partial charge on any atom is 0.272 e. The second kappa shape index (κ2) is 6.50. The molecule has 1 amide bonds. The Labute approximate surface area is 114 Å². The third-order valence-electron chi connectivity index (χ3n) is 3.19. The van der Waals surface area contributed by atoms with Crippen LogP contribution in [0.3, 0.4) is 0 Å². The first kappa shape index (κ1) is 13.8. The van der Waals surface area contributed by atoms with Crippen molar-refractivity contribution in [2.45, 2.75) is 45.6 Å². The van der Waals surface area contributed by atoms with E-state index in [-0.39, 0.29) is 11.9 Å². The Balaban J connectivity index is 2.09. The molecule has 1 aliphatic heterocycles. The monoisotopic (exact) mass is 262 g/mol. The molecule has 0 spiro atoms. The number of rotatable bonds is 3. The number of hydrogen-bond acceptors (Lipinski definition) is 4. The average Bonchev–Trinajstić information content (AvgIpc) is 2.66. The Morgan fingerprint density at radius 3 is 2.58 bits per heavy atom. The van der Waals surface area contributed by atoms with Gasteiger partial charge in [0, 0.05) is 25.3 Å². The molecule has 0 aliphatic carbocycles. The van der Waals surface area contributed by atoms with Gasteiger partial charge in [0.1, 0.15) is 5.69 Å². The topological polar surface area (TPSA) is 58.1 Å². The summed E-state index contributed by atoms with van der Waals surface area (Å²) in [5.41, 5.74) is 0.486. The summed E-state index contributed by atoms with van der Waals surface area (Å²) in [5.74, 6) is 0.548. The van der Waals surface area contributed by atoms with Crippen molar-refractivity contribution in [1.29, 1.82) is 0 Å². The minimum Gasteiger partial charge on any atom is -0.352 e. The van der Waals surface area contributed by atoms with Crippen LogP contribution < -0.4 is 5.32 Å². The molecular formula is C14H22N4O. The molecule has 0 radical (unpaired) electrons. The van der Waals surface area contributed by atoms with Crippen LogP contribution in [-0.2, 0) is 0 Å². The lowest BCUT2D eigenvalue weighted by molar-refractivity contribution is 0.0755. The standard InChI is InChI=1S/C14H22N4O/c1-11(2)16-14-15-8-7-12(17-14)13(19)18-9-5-3-4-6-10-18/h7-8,11H,3-6,9-10H2,1-2H3,(H,15,16,17). The Morgan fingerprint density at radius 2 is 1.95 bits per heavy atom. The predicted molar refractivity (Wildman–Crippen MR) is 75.2 cm³/mol. The smallest absolute Gasteiger partial charge is 0.272 e. The fourth-order valence-corrected chi connectivity index (χ4v) is 2.24. The van der Waals surface area contributed by atoms with Gasteiger partial charge < -0.3 is 10.2 Å². The number of amides is 1. The third kappa shape index (κ3) is 3.91. The fourth-order valence-electron chi connectivity index (χ4n) is 2.24. The van der Waals surface area contributed by atoms with Gasteiger partial charge in [-0.25, -0.2) is 9.97 Å². The van der Waals surface area contributed by atoms with Crippen molar-refractivity contribution in [2.24, 2.45) is 0 Å². The molecule has 0 unspecified atom stereocenters. The molecule has 1 aromatic rings. The lowest BCUT2D eigenvalue weighted by Gasteiger charge is -2.20. The fraction of sp³-hybridized carbons (Fsp3) is 0.643. The summed E-state index contributed by atoms with van der Waals surface area (Å²) < 4.78 is 0. The van der Waals surface area contributed by atoms with Crippen molar-refractivity contribution in [3.63, 3.8) is 0 Å². The number of carbonyl (C=O) groups excluding carboxylic acids is 1. The number of carbonyl (C=O) groups is 1. The molecule has 0 bridgehead atoms. The van der Waals surface area contributed by atoms with E-state index in [9.17, 15) is 4.79 Å². The van der Waals surface area contributed by atoms with E-state index in [2.05, 4.69) is 15.3 Å². The SMILES string of the molecule is CC(C)Nc1nccc(C(=O)N2CCCCCC2)n1. The average molecular weight is 262 g/mol. The van der Waals surface area contributed by atoms with E-state index >= 15 is 0 Å². The highest BCUT2D eigenvalue weighted by Crippen LogP contribution is 2.13. The van der Waals surface area contributed by atoms with Crippen LogP contribution in [0.2, 0.25) is 0 Å². The third-order valence-corrected chi connectivity index (χ3v) is 3.19. The Kier molecular flexibility index (Phi) is 4.71. The van der Waals surface area contributed by atoms with Crippen molar-refractivity contribution >= 4 is 11.9 Å². The largest absolute Gasteiger partial charge is 0.352 e. The van der Waals surface area contributed by atoms with E-state index in [0.717, 1.165) is 25.9 Å². The molecular weight excluding hydrogens is 240 g/mol. The van der Waals surface area contributed by atoms with E-state index in [1.807, 2.05) is 18.7 Å². The van der Waals surface area contributed by atoms with E-state index in [4.69, 9.17) is 0 Å². The van der Waals surface area contributed by atoms with Crippen LogP contribution in [0.15, 0.2) is 12.3 Å². The van der Waals surface area contributed by atoms with E-state index in [1.165, 1.54) is 12.8 Å². The minimum absolute atomic E-state index is 0.0242. The van der Waals surface area contributed by atoms with Crippen LogP contribution in [0.25, 0.3) is 0 Å². The van der Waals surface area contributed by atoms with Crippen LogP contribution in [-0.4, -0.2) is 39.9 Å². The quantitative estimate of drug-likeness (QED) is 0.908. The number of aromatic nitrogens is 2. The maximum absolute atomic E-state index is 12.4. The number of anilines is 1. The van der Waals surface area contributed by atoms with Crippen molar-refractivity contribution in [2.75, 3.05) is 18.4 Å². The van der Waals surface area contributed by atoms with E-state index in [1.54, 1.807) is 12.3 Å². The second-order valence-corrected chi connectivity index (χ2v) is 5.27. The maximum atomic E-state index is 12.4. The predicted octanol–water partition coefficient (Wildman–Crippen LogP) is 2.31. The van der Waals surface area contributed by atoms with Crippen molar-refractivity contribution in [3.05, 3.63) is 18.0 Å². The van der Waals surface area contributed by atoms with Gasteiger partial charge in [0.2, 0.25) is 5.95 Å². The molecule has 1 aromatic heterocycles. The molecule has 2 rings (SSSR count). The van der Waals surface area contributed by atoms with Crippen molar-refractivity contribution in [1.82, 2.24) is 14.9 Å². The van der Waals surface area contributed by atoms with E-state index < -0.39 is 0 Å². The number of nitrogens with one attached hydrogen (secondary N) is 1. The zero-order chi connectivity index (χ0) is 13.7. The van der Waals surface area contributed by atoms with Crippen molar-refractivity contribution < 1.29 is 4.79 Å². The Hall–Kier alpha value is -1.65. The van der Waals surface area contributed by atoms with Gasteiger partial charge in [-0.1, -0.05) is 12.8 Å². The van der Waals surface area contributed by atoms with Gasteiger partial charge >= 0.3 is 0 Å². The van der Waals surface area contributed by atoms with Gasteiger partial charge in [0.05, 0.1) is 0 Å².